The van der Waals surface area contributed by atoms with E-state index < -0.39 is 0 Å². The summed E-state index contributed by atoms with van der Waals surface area (Å²) in [5.74, 6) is 1.35. The molecular formula is C21H19NO3. The maximum Gasteiger partial charge on any atom is 0.244 e. The summed E-state index contributed by atoms with van der Waals surface area (Å²) >= 11 is 0. The molecule has 2 aromatic carbocycles. The van der Waals surface area contributed by atoms with Gasteiger partial charge in [-0.3, -0.25) is 4.79 Å². The molecule has 0 fully saturated rings. The fourth-order valence-corrected chi connectivity index (χ4v) is 2.23. The van der Waals surface area contributed by atoms with E-state index in [1.807, 2.05) is 60.7 Å². The molecule has 0 unspecified atom stereocenters. The monoisotopic (exact) mass is 333 g/mol. The largest absolute Gasteiger partial charge is 0.489 e. The van der Waals surface area contributed by atoms with Gasteiger partial charge in [-0.15, -0.1) is 0 Å². The van der Waals surface area contributed by atoms with Gasteiger partial charge >= 0.3 is 0 Å². The number of carbonyl (C=O) groups is 1. The fourth-order valence-electron chi connectivity index (χ4n) is 2.23. The van der Waals surface area contributed by atoms with E-state index in [9.17, 15) is 4.79 Å². The number of amides is 1. The van der Waals surface area contributed by atoms with Crippen molar-refractivity contribution in [1.29, 1.82) is 0 Å². The van der Waals surface area contributed by atoms with Crippen LogP contribution in [0.15, 0.2) is 83.5 Å². The van der Waals surface area contributed by atoms with Crippen LogP contribution in [0.3, 0.4) is 0 Å². The molecule has 0 saturated heterocycles. The van der Waals surface area contributed by atoms with Gasteiger partial charge < -0.3 is 14.5 Å². The number of hydrogen-bond acceptors (Lipinski definition) is 3. The maximum absolute atomic E-state index is 11.8. The van der Waals surface area contributed by atoms with E-state index in [1.54, 1.807) is 18.4 Å². The zero-order valence-corrected chi connectivity index (χ0v) is 13.7. The lowest BCUT2D eigenvalue weighted by Gasteiger charge is -2.06. The summed E-state index contributed by atoms with van der Waals surface area (Å²) in [6.45, 7) is 0.910. The fraction of sp³-hybridized carbons (Fsp3) is 0.0952. The molecule has 1 N–H and O–H groups in total. The predicted octanol–water partition coefficient (Wildman–Crippen LogP) is 4.19. The van der Waals surface area contributed by atoms with Gasteiger partial charge in [0.05, 0.1) is 12.8 Å². The molecule has 0 saturated carbocycles. The summed E-state index contributed by atoms with van der Waals surface area (Å²) in [4.78, 5) is 11.8. The Kier molecular flexibility index (Phi) is 5.67. The number of rotatable bonds is 7. The van der Waals surface area contributed by atoms with E-state index in [0.717, 1.165) is 22.6 Å². The summed E-state index contributed by atoms with van der Waals surface area (Å²) in [5, 5.41) is 2.76. The molecule has 4 heteroatoms. The van der Waals surface area contributed by atoms with Crippen LogP contribution < -0.4 is 10.1 Å². The summed E-state index contributed by atoms with van der Waals surface area (Å²) in [7, 11) is 0. The van der Waals surface area contributed by atoms with Crippen LogP contribution in [0.5, 0.6) is 5.75 Å². The van der Waals surface area contributed by atoms with E-state index in [-0.39, 0.29) is 5.91 Å². The number of benzene rings is 2. The Labute approximate surface area is 146 Å². The Morgan fingerprint density at radius 2 is 1.80 bits per heavy atom. The molecule has 0 aliphatic carbocycles. The van der Waals surface area contributed by atoms with Crippen LogP contribution in [0, 0.1) is 0 Å². The zero-order chi connectivity index (χ0) is 17.3. The molecule has 0 bridgehead atoms. The Hall–Kier alpha value is -3.27. The molecule has 25 heavy (non-hydrogen) atoms. The standard InChI is InChI=1S/C21H19NO3/c23-21(22-15-20-7-4-14-24-20)13-10-17-8-11-19(12-9-17)25-16-18-5-2-1-3-6-18/h1-14H,15-16H2,(H,22,23). The van der Waals surface area contributed by atoms with Gasteiger partial charge in [0.25, 0.3) is 0 Å². The number of carbonyl (C=O) groups excluding carboxylic acids is 1. The van der Waals surface area contributed by atoms with Crippen molar-refractivity contribution in [1.82, 2.24) is 5.32 Å². The van der Waals surface area contributed by atoms with Crippen molar-refractivity contribution in [2.75, 3.05) is 0 Å². The predicted molar refractivity (Wildman–Crippen MR) is 96.8 cm³/mol. The van der Waals surface area contributed by atoms with Crippen LogP contribution in [-0.2, 0) is 17.9 Å². The van der Waals surface area contributed by atoms with Crippen LogP contribution in [0.2, 0.25) is 0 Å². The van der Waals surface area contributed by atoms with Crippen LogP contribution in [-0.4, -0.2) is 5.91 Å². The van der Waals surface area contributed by atoms with Gasteiger partial charge in [0.15, 0.2) is 0 Å². The molecule has 1 heterocycles. The maximum atomic E-state index is 11.8. The van der Waals surface area contributed by atoms with Crippen molar-refractivity contribution < 1.29 is 13.9 Å². The average molecular weight is 333 g/mol. The minimum absolute atomic E-state index is 0.166. The van der Waals surface area contributed by atoms with Crippen LogP contribution in [0.4, 0.5) is 0 Å². The Morgan fingerprint density at radius 3 is 2.52 bits per heavy atom. The highest BCUT2D eigenvalue weighted by Gasteiger charge is 1.99. The number of furan rings is 1. The topological polar surface area (TPSA) is 51.5 Å². The first kappa shape index (κ1) is 16.6. The zero-order valence-electron chi connectivity index (χ0n) is 13.7. The third-order valence-electron chi connectivity index (χ3n) is 3.57. The molecule has 0 atom stereocenters. The van der Waals surface area contributed by atoms with Crippen molar-refractivity contribution in [3.05, 3.63) is 96.0 Å². The highest BCUT2D eigenvalue weighted by atomic mass is 16.5. The van der Waals surface area contributed by atoms with Crippen LogP contribution in [0.25, 0.3) is 6.08 Å². The Balaban J connectivity index is 1.47. The SMILES string of the molecule is O=C(C=Cc1ccc(OCc2ccccc2)cc1)NCc1ccco1. The van der Waals surface area contributed by atoms with Gasteiger partial charge in [0.1, 0.15) is 18.1 Å². The molecule has 1 amide bonds. The van der Waals surface area contributed by atoms with Crippen molar-refractivity contribution in [3.63, 3.8) is 0 Å². The number of hydrogen-bond donors (Lipinski definition) is 1. The highest BCUT2D eigenvalue weighted by molar-refractivity contribution is 5.91. The first-order chi connectivity index (χ1) is 12.3. The summed E-state index contributed by atoms with van der Waals surface area (Å²) in [6.07, 6.45) is 4.85. The number of nitrogens with one attached hydrogen (secondary N) is 1. The molecule has 4 nitrogen and oxygen atoms in total. The minimum Gasteiger partial charge on any atom is -0.489 e. The minimum atomic E-state index is -0.166. The first-order valence-electron chi connectivity index (χ1n) is 8.05. The molecule has 3 rings (SSSR count). The van der Waals surface area contributed by atoms with E-state index in [0.29, 0.717) is 13.2 Å². The van der Waals surface area contributed by atoms with Gasteiger partial charge in [0.2, 0.25) is 5.91 Å². The lowest BCUT2D eigenvalue weighted by molar-refractivity contribution is -0.116. The van der Waals surface area contributed by atoms with Crippen molar-refractivity contribution in [2.24, 2.45) is 0 Å². The second-order valence-corrected chi connectivity index (χ2v) is 5.47. The second kappa shape index (κ2) is 8.55. The molecule has 1 aromatic heterocycles. The molecule has 0 spiro atoms. The molecule has 0 aliphatic heterocycles. The van der Waals surface area contributed by atoms with E-state index in [4.69, 9.17) is 9.15 Å². The Morgan fingerprint density at radius 1 is 1.00 bits per heavy atom. The summed E-state index contributed by atoms with van der Waals surface area (Å²) in [6, 6.07) is 21.2. The average Bonchev–Trinajstić information content (AvgIpc) is 3.18. The lowest BCUT2D eigenvalue weighted by atomic mass is 10.2. The summed E-state index contributed by atoms with van der Waals surface area (Å²) in [5.41, 5.74) is 2.06. The summed E-state index contributed by atoms with van der Waals surface area (Å²) < 4.78 is 10.9. The smallest absolute Gasteiger partial charge is 0.244 e. The van der Waals surface area contributed by atoms with Crippen LogP contribution >= 0.6 is 0 Å². The third-order valence-corrected chi connectivity index (χ3v) is 3.57. The van der Waals surface area contributed by atoms with E-state index in [1.165, 1.54) is 6.08 Å². The molecule has 3 aromatic rings. The first-order valence-corrected chi connectivity index (χ1v) is 8.05. The van der Waals surface area contributed by atoms with Gasteiger partial charge in [-0.05, 0) is 41.5 Å². The van der Waals surface area contributed by atoms with Crippen molar-refractivity contribution in [2.45, 2.75) is 13.2 Å². The van der Waals surface area contributed by atoms with Gasteiger partial charge in [-0.25, -0.2) is 0 Å². The van der Waals surface area contributed by atoms with Gasteiger partial charge in [-0.1, -0.05) is 42.5 Å². The van der Waals surface area contributed by atoms with Gasteiger partial charge in [-0.2, -0.15) is 0 Å². The van der Waals surface area contributed by atoms with Crippen molar-refractivity contribution in [3.8, 4) is 5.75 Å². The highest BCUT2D eigenvalue weighted by Crippen LogP contribution is 2.15. The number of ether oxygens (including phenoxy) is 1. The molecular weight excluding hydrogens is 314 g/mol. The van der Waals surface area contributed by atoms with Crippen molar-refractivity contribution >= 4 is 12.0 Å². The normalized spacial score (nSPS) is 10.7. The Bertz CT molecular complexity index is 806. The lowest BCUT2D eigenvalue weighted by Crippen LogP contribution is -2.19. The quantitative estimate of drug-likeness (QED) is 0.660. The molecule has 126 valence electrons. The molecule has 0 aliphatic rings. The van der Waals surface area contributed by atoms with Gasteiger partial charge in [0, 0.05) is 6.08 Å². The van der Waals surface area contributed by atoms with Crippen LogP contribution in [0.1, 0.15) is 16.9 Å². The second-order valence-electron chi connectivity index (χ2n) is 5.47. The van der Waals surface area contributed by atoms with E-state index in [2.05, 4.69) is 5.32 Å². The van der Waals surface area contributed by atoms with E-state index >= 15 is 0 Å². The molecule has 0 radical (unpaired) electrons. The third kappa shape index (κ3) is 5.39.